The third kappa shape index (κ3) is 5.34. The van der Waals surface area contributed by atoms with E-state index in [2.05, 4.69) is 10.6 Å². The molecular formula is C16H22N2O2S. The zero-order valence-electron chi connectivity index (χ0n) is 12.4. The van der Waals surface area contributed by atoms with Gasteiger partial charge in [0.2, 0.25) is 5.91 Å². The highest BCUT2D eigenvalue weighted by Gasteiger charge is 2.18. The van der Waals surface area contributed by atoms with Gasteiger partial charge in [0.1, 0.15) is 5.75 Å². The Morgan fingerprint density at radius 2 is 1.95 bits per heavy atom. The van der Waals surface area contributed by atoms with Gasteiger partial charge in [0.05, 0.1) is 6.61 Å². The number of amides is 1. The third-order valence-corrected chi connectivity index (χ3v) is 3.83. The van der Waals surface area contributed by atoms with Crippen LogP contribution in [0.3, 0.4) is 0 Å². The van der Waals surface area contributed by atoms with Gasteiger partial charge in [0.15, 0.2) is 5.11 Å². The molecule has 1 aliphatic rings. The van der Waals surface area contributed by atoms with Gasteiger partial charge in [-0.2, -0.15) is 0 Å². The average molecular weight is 306 g/mol. The molecule has 2 rings (SSSR count). The van der Waals surface area contributed by atoms with Gasteiger partial charge in [0, 0.05) is 12.1 Å². The highest BCUT2D eigenvalue weighted by Crippen LogP contribution is 2.27. The molecule has 0 atom stereocenters. The maximum Gasteiger partial charge on any atom is 0.226 e. The normalized spacial score (nSPS) is 14.7. The maximum absolute atomic E-state index is 11.9. The first kappa shape index (κ1) is 15.8. The smallest absolute Gasteiger partial charge is 0.226 e. The van der Waals surface area contributed by atoms with E-state index in [1.807, 2.05) is 31.2 Å². The number of anilines is 1. The van der Waals surface area contributed by atoms with Crippen molar-refractivity contribution in [1.82, 2.24) is 5.32 Å². The van der Waals surface area contributed by atoms with Crippen LogP contribution in [0.2, 0.25) is 0 Å². The molecular weight excluding hydrogens is 284 g/mol. The Morgan fingerprint density at radius 1 is 1.29 bits per heavy atom. The van der Waals surface area contributed by atoms with Crippen molar-refractivity contribution in [2.45, 2.75) is 39.0 Å². The molecule has 1 fully saturated rings. The third-order valence-electron chi connectivity index (χ3n) is 3.62. The van der Waals surface area contributed by atoms with Gasteiger partial charge in [-0.15, -0.1) is 0 Å². The van der Waals surface area contributed by atoms with Crippen LogP contribution in [0.25, 0.3) is 0 Å². The van der Waals surface area contributed by atoms with Crippen LogP contribution < -0.4 is 15.4 Å². The Morgan fingerprint density at radius 3 is 2.57 bits per heavy atom. The van der Waals surface area contributed by atoms with Crippen LogP contribution in [0.4, 0.5) is 5.69 Å². The SMILES string of the molecule is CCOc1ccc(NC(=S)NC(=O)CC2CCCC2)cc1. The molecule has 5 heteroatoms. The number of rotatable bonds is 5. The van der Waals surface area contributed by atoms with Crippen LogP contribution in [0.5, 0.6) is 5.75 Å². The lowest BCUT2D eigenvalue weighted by Gasteiger charge is -2.12. The summed E-state index contributed by atoms with van der Waals surface area (Å²) >= 11 is 5.16. The largest absolute Gasteiger partial charge is 0.494 e. The lowest BCUT2D eigenvalue weighted by Crippen LogP contribution is -2.34. The molecule has 1 aromatic carbocycles. The quantitative estimate of drug-likeness (QED) is 0.818. The fourth-order valence-corrected chi connectivity index (χ4v) is 2.85. The summed E-state index contributed by atoms with van der Waals surface area (Å²) in [5.74, 6) is 1.35. The van der Waals surface area contributed by atoms with Gasteiger partial charge >= 0.3 is 0 Å². The minimum atomic E-state index is 0.00494. The van der Waals surface area contributed by atoms with Crippen LogP contribution in [0, 0.1) is 5.92 Å². The number of hydrogen-bond donors (Lipinski definition) is 2. The van der Waals surface area contributed by atoms with E-state index in [1.54, 1.807) is 0 Å². The Kier molecular flexibility index (Phi) is 5.99. The second-order valence-electron chi connectivity index (χ2n) is 5.31. The predicted octanol–water partition coefficient (Wildman–Crippen LogP) is 3.48. The molecule has 0 heterocycles. The summed E-state index contributed by atoms with van der Waals surface area (Å²) in [5, 5.41) is 6.11. The summed E-state index contributed by atoms with van der Waals surface area (Å²) in [6, 6.07) is 7.49. The van der Waals surface area contributed by atoms with E-state index in [4.69, 9.17) is 17.0 Å². The van der Waals surface area contributed by atoms with E-state index < -0.39 is 0 Å². The number of hydrogen-bond acceptors (Lipinski definition) is 3. The summed E-state index contributed by atoms with van der Waals surface area (Å²) in [6.07, 6.45) is 5.38. The number of thiocarbonyl (C=S) groups is 1. The fraction of sp³-hybridized carbons (Fsp3) is 0.500. The van der Waals surface area contributed by atoms with Gasteiger partial charge in [-0.3, -0.25) is 4.79 Å². The van der Waals surface area contributed by atoms with Crippen LogP contribution in [0.1, 0.15) is 39.0 Å². The zero-order valence-corrected chi connectivity index (χ0v) is 13.2. The Bertz CT molecular complexity index is 482. The molecule has 0 radical (unpaired) electrons. The van der Waals surface area contributed by atoms with Gasteiger partial charge < -0.3 is 15.4 Å². The second kappa shape index (κ2) is 7.98. The molecule has 0 bridgehead atoms. The summed E-state index contributed by atoms with van der Waals surface area (Å²) in [5.41, 5.74) is 0.838. The molecule has 1 saturated carbocycles. The summed E-state index contributed by atoms with van der Waals surface area (Å²) in [4.78, 5) is 11.9. The van der Waals surface area contributed by atoms with Crippen molar-refractivity contribution in [3.8, 4) is 5.75 Å². The highest BCUT2D eigenvalue weighted by atomic mass is 32.1. The number of ether oxygens (including phenoxy) is 1. The number of carbonyl (C=O) groups is 1. The number of nitrogens with one attached hydrogen (secondary N) is 2. The summed E-state index contributed by atoms with van der Waals surface area (Å²) < 4.78 is 5.37. The first-order valence-corrected chi connectivity index (χ1v) is 7.92. The molecule has 2 N–H and O–H groups in total. The molecule has 114 valence electrons. The van der Waals surface area contributed by atoms with Crippen molar-refractivity contribution in [1.29, 1.82) is 0 Å². The highest BCUT2D eigenvalue weighted by molar-refractivity contribution is 7.80. The van der Waals surface area contributed by atoms with Gasteiger partial charge in [-0.05, 0) is 62.2 Å². The summed E-state index contributed by atoms with van der Waals surface area (Å²) in [7, 11) is 0. The minimum absolute atomic E-state index is 0.00494. The molecule has 4 nitrogen and oxygen atoms in total. The lowest BCUT2D eigenvalue weighted by atomic mass is 10.0. The van der Waals surface area contributed by atoms with Gasteiger partial charge in [-0.1, -0.05) is 12.8 Å². The molecule has 0 unspecified atom stereocenters. The van der Waals surface area contributed by atoms with Gasteiger partial charge in [-0.25, -0.2) is 0 Å². The Balaban J connectivity index is 1.76. The molecule has 0 saturated heterocycles. The molecule has 21 heavy (non-hydrogen) atoms. The molecule has 1 aliphatic carbocycles. The van der Waals surface area contributed by atoms with Gasteiger partial charge in [0.25, 0.3) is 0 Å². The molecule has 1 amide bonds. The van der Waals surface area contributed by atoms with E-state index in [0.29, 0.717) is 24.1 Å². The first-order valence-electron chi connectivity index (χ1n) is 7.51. The minimum Gasteiger partial charge on any atom is -0.494 e. The van der Waals surface area contributed by atoms with Crippen molar-refractivity contribution in [2.75, 3.05) is 11.9 Å². The van der Waals surface area contributed by atoms with Crippen molar-refractivity contribution < 1.29 is 9.53 Å². The molecule has 0 aliphatic heterocycles. The van der Waals surface area contributed by atoms with Crippen molar-refractivity contribution in [2.24, 2.45) is 5.92 Å². The summed E-state index contributed by atoms with van der Waals surface area (Å²) in [6.45, 7) is 2.59. The molecule has 0 spiro atoms. The number of benzene rings is 1. The van der Waals surface area contributed by atoms with Crippen molar-refractivity contribution in [3.63, 3.8) is 0 Å². The van der Waals surface area contributed by atoms with E-state index in [-0.39, 0.29) is 5.91 Å². The molecule has 0 aromatic heterocycles. The van der Waals surface area contributed by atoms with Crippen molar-refractivity contribution >= 4 is 28.9 Å². The van der Waals surface area contributed by atoms with E-state index in [9.17, 15) is 4.79 Å². The Hall–Kier alpha value is -1.62. The monoisotopic (exact) mass is 306 g/mol. The predicted molar refractivity (Wildman–Crippen MR) is 88.5 cm³/mol. The first-order chi connectivity index (χ1) is 10.2. The fourth-order valence-electron chi connectivity index (χ4n) is 2.62. The van der Waals surface area contributed by atoms with Crippen LogP contribution in [0.15, 0.2) is 24.3 Å². The van der Waals surface area contributed by atoms with E-state index in [0.717, 1.165) is 24.3 Å². The van der Waals surface area contributed by atoms with Crippen LogP contribution >= 0.6 is 12.2 Å². The van der Waals surface area contributed by atoms with E-state index in [1.165, 1.54) is 12.8 Å². The van der Waals surface area contributed by atoms with Crippen molar-refractivity contribution in [3.05, 3.63) is 24.3 Å². The maximum atomic E-state index is 11.9. The van der Waals surface area contributed by atoms with Crippen LogP contribution in [-0.2, 0) is 4.79 Å². The lowest BCUT2D eigenvalue weighted by molar-refractivity contribution is -0.120. The standard InChI is InChI=1S/C16H22N2O2S/c1-2-20-14-9-7-13(8-10-14)17-16(21)18-15(19)11-12-5-3-4-6-12/h7-10,12H,2-6,11H2,1H3,(H2,17,18,19,21). The topological polar surface area (TPSA) is 50.4 Å². The molecule has 1 aromatic rings. The Labute approximate surface area is 131 Å². The zero-order chi connectivity index (χ0) is 15.1. The average Bonchev–Trinajstić information content (AvgIpc) is 2.93. The second-order valence-corrected chi connectivity index (χ2v) is 5.72. The van der Waals surface area contributed by atoms with E-state index >= 15 is 0 Å². The van der Waals surface area contributed by atoms with Crippen LogP contribution in [-0.4, -0.2) is 17.6 Å². The number of carbonyl (C=O) groups excluding carboxylic acids is 1.